The summed E-state index contributed by atoms with van der Waals surface area (Å²) in [5.41, 5.74) is 6.43. The van der Waals surface area contributed by atoms with Crippen LogP contribution in [0.3, 0.4) is 0 Å². The Kier molecular flexibility index (Phi) is 4.61. The lowest BCUT2D eigenvalue weighted by atomic mass is 10.1. The highest BCUT2D eigenvalue weighted by Crippen LogP contribution is 2.25. The molecule has 0 aliphatic carbocycles. The van der Waals surface area contributed by atoms with Gasteiger partial charge in [0.1, 0.15) is 5.69 Å². The van der Waals surface area contributed by atoms with Crippen molar-refractivity contribution in [2.45, 2.75) is 6.54 Å². The zero-order valence-corrected chi connectivity index (χ0v) is 10.3. The number of carbonyl (C=O) groups excluding carboxylic acids is 1. The van der Waals surface area contributed by atoms with E-state index in [0.717, 1.165) is 5.56 Å². The molecule has 0 unspecified atom stereocenters. The second kappa shape index (κ2) is 5.97. The Labute approximate surface area is 105 Å². The van der Waals surface area contributed by atoms with E-state index in [1.165, 1.54) is 6.07 Å². The van der Waals surface area contributed by atoms with Gasteiger partial charge in [0.2, 0.25) is 5.91 Å². The van der Waals surface area contributed by atoms with E-state index in [1.807, 2.05) is 0 Å². The van der Waals surface area contributed by atoms with Gasteiger partial charge in [-0.05, 0) is 18.7 Å². The molecule has 0 atom stereocenters. The van der Waals surface area contributed by atoms with Crippen molar-refractivity contribution in [3.05, 3.63) is 33.9 Å². The third-order valence-electron chi connectivity index (χ3n) is 2.41. The molecule has 0 bridgehead atoms. The van der Waals surface area contributed by atoms with Gasteiger partial charge < -0.3 is 11.1 Å². The number of nitrogens with two attached hydrogens (primary N) is 1. The summed E-state index contributed by atoms with van der Waals surface area (Å²) < 4.78 is 0. The first kappa shape index (κ1) is 13.9. The highest BCUT2D eigenvalue weighted by molar-refractivity contribution is 5.75. The first-order valence-electron chi connectivity index (χ1n) is 5.36. The lowest BCUT2D eigenvalue weighted by Gasteiger charge is -2.15. The Hall–Kier alpha value is -2.15. The number of hydrogen-bond acceptors (Lipinski definition) is 5. The van der Waals surface area contributed by atoms with Crippen molar-refractivity contribution in [2.75, 3.05) is 26.0 Å². The second-order valence-corrected chi connectivity index (χ2v) is 4.00. The molecule has 0 aliphatic rings. The van der Waals surface area contributed by atoms with Crippen molar-refractivity contribution >= 4 is 17.3 Å². The highest BCUT2D eigenvalue weighted by atomic mass is 16.6. The highest BCUT2D eigenvalue weighted by Gasteiger charge is 2.13. The monoisotopic (exact) mass is 252 g/mol. The molecular weight excluding hydrogens is 236 g/mol. The van der Waals surface area contributed by atoms with Gasteiger partial charge in [0.25, 0.3) is 5.69 Å². The molecule has 0 radical (unpaired) electrons. The topological polar surface area (TPSA) is 102 Å². The van der Waals surface area contributed by atoms with Gasteiger partial charge in [-0.1, -0.05) is 6.07 Å². The molecule has 0 aromatic heterocycles. The van der Waals surface area contributed by atoms with Crippen molar-refractivity contribution in [3.63, 3.8) is 0 Å². The number of nitrogens with zero attached hydrogens (tertiary/aromatic N) is 2. The zero-order valence-electron chi connectivity index (χ0n) is 10.3. The van der Waals surface area contributed by atoms with Crippen molar-refractivity contribution < 1.29 is 9.72 Å². The Morgan fingerprint density at radius 1 is 1.56 bits per heavy atom. The molecule has 3 N–H and O–H groups in total. The summed E-state index contributed by atoms with van der Waals surface area (Å²) in [4.78, 5) is 22.8. The van der Waals surface area contributed by atoms with Crippen LogP contribution in [0.2, 0.25) is 0 Å². The van der Waals surface area contributed by atoms with E-state index in [0.29, 0.717) is 12.2 Å². The Balaban J connectivity index is 2.85. The Morgan fingerprint density at radius 3 is 2.72 bits per heavy atom. The number of primary amides is 1. The number of rotatable bonds is 6. The van der Waals surface area contributed by atoms with E-state index in [-0.39, 0.29) is 12.2 Å². The summed E-state index contributed by atoms with van der Waals surface area (Å²) in [6.45, 7) is 0.640. The van der Waals surface area contributed by atoms with Crippen LogP contribution in [0.1, 0.15) is 5.56 Å². The van der Waals surface area contributed by atoms with Gasteiger partial charge in [0.15, 0.2) is 0 Å². The van der Waals surface area contributed by atoms with Gasteiger partial charge in [0.05, 0.1) is 11.5 Å². The maximum absolute atomic E-state index is 10.8. The molecule has 1 rings (SSSR count). The number of nitro groups is 1. The molecule has 0 spiro atoms. The van der Waals surface area contributed by atoms with Crippen LogP contribution in [0.5, 0.6) is 0 Å². The van der Waals surface area contributed by atoms with Crippen LogP contribution in [-0.2, 0) is 11.3 Å². The fourth-order valence-corrected chi connectivity index (χ4v) is 1.67. The molecule has 0 saturated carbocycles. The maximum Gasteiger partial charge on any atom is 0.292 e. The van der Waals surface area contributed by atoms with E-state index in [2.05, 4.69) is 5.32 Å². The molecule has 0 fully saturated rings. The van der Waals surface area contributed by atoms with Gasteiger partial charge in [-0.3, -0.25) is 19.8 Å². The Morgan fingerprint density at radius 2 is 2.22 bits per heavy atom. The molecule has 0 heterocycles. The van der Waals surface area contributed by atoms with E-state index in [4.69, 9.17) is 5.73 Å². The number of nitro benzene ring substituents is 1. The predicted octanol–water partition coefficient (Wildman–Crippen LogP) is 0.554. The minimum absolute atomic E-state index is 0.0267. The molecule has 18 heavy (non-hydrogen) atoms. The number of nitrogens with one attached hydrogen (secondary N) is 1. The number of likely N-dealkylation sites (N-methyl/N-ethyl adjacent to an activating group) is 1. The summed E-state index contributed by atoms with van der Waals surface area (Å²) in [7, 11) is 3.38. The first-order valence-corrected chi connectivity index (χ1v) is 5.36. The van der Waals surface area contributed by atoms with Crippen LogP contribution in [0.4, 0.5) is 11.4 Å². The number of carbonyl (C=O) groups is 1. The minimum Gasteiger partial charge on any atom is -0.383 e. The quantitative estimate of drug-likeness (QED) is 0.568. The van der Waals surface area contributed by atoms with Crippen molar-refractivity contribution in [3.8, 4) is 0 Å². The number of hydrogen-bond donors (Lipinski definition) is 2. The molecule has 7 nitrogen and oxygen atoms in total. The average Bonchev–Trinajstić information content (AvgIpc) is 2.27. The SMILES string of the molecule is CNc1cc(CN(C)CC(N)=O)ccc1[N+](=O)[O-]. The van der Waals surface area contributed by atoms with Crippen LogP contribution in [0.15, 0.2) is 18.2 Å². The molecule has 0 saturated heterocycles. The summed E-state index contributed by atoms with van der Waals surface area (Å²) in [5.74, 6) is -0.409. The molecule has 7 heteroatoms. The lowest BCUT2D eigenvalue weighted by molar-refractivity contribution is -0.384. The number of anilines is 1. The summed E-state index contributed by atoms with van der Waals surface area (Å²) in [6.07, 6.45) is 0. The summed E-state index contributed by atoms with van der Waals surface area (Å²) in [5, 5.41) is 13.5. The number of benzene rings is 1. The molecular formula is C11H16N4O3. The second-order valence-electron chi connectivity index (χ2n) is 4.00. The van der Waals surface area contributed by atoms with Gasteiger partial charge in [-0.2, -0.15) is 0 Å². The van der Waals surface area contributed by atoms with Crippen molar-refractivity contribution in [1.82, 2.24) is 4.90 Å². The van der Waals surface area contributed by atoms with E-state index < -0.39 is 10.8 Å². The predicted molar refractivity (Wildman–Crippen MR) is 68.2 cm³/mol. The standard InChI is InChI=1S/C11H16N4O3/c1-13-9-5-8(3-4-10(9)15(17)18)6-14(2)7-11(12)16/h3-5,13H,6-7H2,1-2H3,(H2,12,16). The van der Waals surface area contributed by atoms with E-state index >= 15 is 0 Å². The Bertz CT molecular complexity index is 462. The molecule has 0 aliphatic heterocycles. The van der Waals surface area contributed by atoms with Crippen molar-refractivity contribution in [1.29, 1.82) is 0 Å². The number of amides is 1. The molecule has 1 amide bonds. The third-order valence-corrected chi connectivity index (χ3v) is 2.41. The van der Waals surface area contributed by atoms with Crippen LogP contribution >= 0.6 is 0 Å². The molecule has 98 valence electrons. The van der Waals surface area contributed by atoms with Gasteiger partial charge in [-0.15, -0.1) is 0 Å². The van der Waals surface area contributed by atoms with Crippen LogP contribution in [0.25, 0.3) is 0 Å². The van der Waals surface area contributed by atoms with Crippen molar-refractivity contribution in [2.24, 2.45) is 5.73 Å². The van der Waals surface area contributed by atoms with Crippen LogP contribution in [0, 0.1) is 10.1 Å². The van der Waals surface area contributed by atoms with Gasteiger partial charge in [0, 0.05) is 19.7 Å². The van der Waals surface area contributed by atoms with Crippen LogP contribution < -0.4 is 11.1 Å². The van der Waals surface area contributed by atoms with Gasteiger partial charge in [-0.25, -0.2) is 0 Å². The summed E-state index contributed by atoms with van der Waals surface area (Å²) in [6, 6.07) is 4.80. The van der Waals surface area contributed by atoms with E-state index in [1.54, 1.807) is 31.1 Å². The lowest BCUT2D eigenvalue weighted by Crippen LogP contribution is -2.30. The van der Waals surface area contributed by atoms with Gasteiger partial charge >= 0.3 is 0 Å². The largest absolute Gasteiger partial charge is 0.383 e. The fraction of sp³-hybridized carbons (Fsp3) is 0.364. The minimum atomic E-state index is -0.442. The molecule has 1 aromatic rings. The average molecular weight is 252 g/mol. The fourth-order valence-electron chi connectivity index (χ4n) is 1.67. The van der Waals surface area contributed by atoms with Crippen LogP contribution in [-0.4, -0.2) is 36.4 Å². The normalized spacial score (nSPS) is 10.4. The van der Waals surface area contributed by atoms with E-state index in [9.17, 15) is 14.9 Å². The molecule has 1 aromatic carbocycles. The zero-order chi connectivity index (χ0) is 13.7. The maximum atomic E-state index is 10.8. The first-order chi connectivity index (χ1) is 8.43. The summed E-state index contributed by atoms with van der Waals surface area (Å²) >= 11 is 0. The third kappa shape index (κ3) is 3.70. The smallest absolute Gasteiger partial charge is 0.292 e.